The summed E-state index contributed by atoms with van der Waals surface area (Å²) in [6, 6.07) is 13.6. The molecule has 5 nitrogen and oxygen atoms in total. The number of amides is 1. The van der Waals surface area contributed by atoms with Crippen LogP contribution in [-0.4, -0.2) is 37.6 Å². The molecule has 0 saturated heterocycles. The van der Waals surface area contributed by atoms with Crippen LogP contribution in [0.2, 0.25) is 0 Å². The van der Waals surface area contributed by atoms with Gasteiger partial charge in [0, 0.05) is 6.54 Å². The average Bonchev–Trinajstić information content (AvgIpc) is 2.58. The van der Waals surface area contributed by atoms with Crippen LogP contribution < -0.4 is 14.8 Å². The summed E-state index contributed by atoms with van der Waals surface area (Å²) in [5, 5.41) is 2.83. The Labute approximate surface area is 151 Å². The van der Waals surface area contributed by atoms with Crippen LogP contribution in [0.1, 0.15) is 12.5 Å². The fourth-order valence-electron chi connectivity index (χ4n) is 2.43. The number of benzene rings is 2. The van der Waals surface area contributed by atoms with Gasteiger partial charge in [0.15, 0.2) is 0 Å². The molecule has 26 heavy (non-hydrogen) atoms. The summed E-state index contributed by atoms with van der Waals surface area (Å²) >= 11 is 0. The number of hydrogen-bond donors (Lipinski definition) is 1. The molecule has 7 heteroatoms. The normalized spacial score (nSPS) is 10.8. The van der Waals surface area contributed by atoms with Crippen LogP contribution in [0.25, 0.3) is 0 Å². The number of carbonyl (C=O) groups excluding carboxylic acids is 1. The van der Waals surface area contributed by atoms with Crippen molar-refractivity contribution in [2.45, 2.75) is 20.1 Å². The number of anilines is 1. The number of nitrogens with zero attached hydrogens (tertiary/aromatic N) is 1. The monoisotopic (exact) mass is 364 g/mol. The van der Waals surface area contributed by atoms with Gasteiger partial charge in [-0.25, -0.2) is 0 Å². The third kappa shape index (κ3) is 6.33. The second-order valence-electron chi connectivity index (χ2n) is 5.67. The molecule has 0 saturated carbocycles. The van der Waals surface area contributed by atoms with Crippen LogP contribution in [0.3, 0.4) is 0 Å². The molecule has 1 N–H and O–H groups in total. The molecule has 1 amide bonds. The molecule has 0 spiro atoms. The molecular weight excluding hydrogens is 342 g/mol. The number of alkyl halides is 2. The van der Waals surface area contributed by atoms with E-state index < -0.39 is 6.61 Å². The summed E-state index contributed by atoms with van der Waals surface area (Å²) in [4.78, 5) is 14.1. The first kappa shape index (κ1) is 19.7. The molecule has 0 bridgehead atoms. The van der Waals surface area contributed by atoms with Crippen LogP contribution in [0, 0.1) is 0 Å². The zero-order valence-electron chi connectivity index (χ0n) is 14.7. The fraction of sp³-hybridized carbons (Fsp3) is 0.316. The zero-order chi connectivity index (χ0) is 18.9. The lowest BCUT2D eigenvalue weighted by atomic mass is 10.2. The van der Waals surface area contributed by atoms with Crippen molar-refractivity contribution >= 4 is 11.6 Å². The van der Waals surface area contributed by atoms with Gasteiger partial charge in [0.05, 0.1) is 18.8 Å². The molecule has 2 rings (SSSR count). The number of halogens is 2. The maximum absolute atomic E-state index is 12.2. The molecule has 0 unspecified atom stereocenters. The second-order valence-corrected chi connectivity index (χ2v) is 5.67. The van der Waals surface area contributed by atoms with Crippen molar-refractivity contribution in [3.63, 3.8) is 0 Å². The number of rotatable bonds is 9. The molecule has 0 radical (unpaired) electrons. The minimum absolute atomic E-state index is 0.108. The Morgan fingerprint density at radius 2 is 1.85 bits per heavy atom. The second kappa shape index (κ2) is 9.72. The molecule has 140 valence electrons. The molecule has 0 aliphatic rings. The molecule has 2 aromatic carbocycles. The number of ether oxygens (including phenoxy) is 2. The average molecular weight is 364 g/mol. The van der Waals surface area contributed by atoms with Crippen molar-refractivity contribution in [2.24, 2.45) is 0 Å². The molecule has 2 aromatic rings. The highest BCUT2D eigenvalue weighted by atomic mass is 19.3. The van der Waals surface area contributed by atoms with E-state index in [1.807, 2.05) is 24.0 Å². The third-order valence-electron chi connectivity index (χ3n) is 3.48. The van der Waals surface area contributed by atoms with Crippen molar-refractivity contribution in [2.75, 3.05) is 25.5 Å². The Kier molecular flexibility index (Phi) is 7.35. The SMILES string of the molecule is CCOc1ccccc1NC(=O)CN(C)Cc1ccc(OC(F)F)cc1. The summed E-state index contributed by atoms with van der Waals surface area (Å²) in [6.45, 7) is 0.222. The van der Waals surface area contributed by atoms with Gasteiger partial charge >= 0.3 is 6.61 Å². The standard InChI is InChI=1S/C19H22F2N2O3/c1-3-25-17-7-5-4-6-16(17)22-18(24)13-23(2)12-14-8-10-15(11-9-14)26-19(20)21/h4-11,19H,3,12-13H2,1-2H3,(H,22,24). The first-order valence-corrected chi connectivity index (χ1v) is 8.22. The van der Waals surface area contributed by atoms with Gasteiger partial charge in [-0.1, -0.05) is 24.3 Å². The van der Waals surface area contributed by atoms with Crippen molar-refractivity contribution in [3.05, 3.63) is 54.1 Å². The van der Waals surface area contributed by atoms with Gasteiger partial charge in [0.25, 0.3) is 0 Å². The van der Waals surface area contributed by atoms with Gasteiger partial charge < -0.3 is 14.8 Å². The molecule has 0 aliphatic heterocycles. The van der Waals surface area contributed by atoms with E-state index in [0.29, 0.717) is 24.6 Å². The lowest BCUT2D eigenvalue weighted by Gasteiger charge is -2.17. The summed E-state index contributed by atoms with van der Waals surface area (Å²) in [5.41, 5.74) is 1.51. The van der Waals surface area contributed by atoms with Crippen LogP contribution in [-0.2, 0) is 11.3 Å². The zero-order valence-corrected chi connectivity index (χ0v) is 14.7. The first-order valence-electron chi connectivity index (χ1n) is 8.22. The topological polar surface area (TPSA) is 50.8 Å². The van der Waals surface area contributed by atoms with Gasteiger partial charge in [0.2, 0.25) is 5.91 Å². The van der Waals surface area contributed by atoms with E-state index in [1.165, 1.54) is 12.1 Å². The van der Waals surface area contributed by atoms with Gasteiger partial charge in [-0.2, -0.15) is 8.78 Å². The van der Waals surface area contributed by atoms with E-state index in [0.717, 1.165) is 5.56 Å². The Morgan fingerprint density at radius 3 is 2.50 bits per heavy atom. The third-order valence-corrected chi connectivity index (χ3v) is 3.48. The quantitative estimate of drug-likeness (QED) is 0.736. The molecule has 0 atom stereocenters. The molecule has 0 heterocycles. The lowest BCUT2D eigenvalue weighted by molar-refractivity contribution is -0.117. The maximum Gasteiger partial charge on any atom is 0.387 e. The molecule has 0 fully saturated rings. The number of carbonyl (C=O) groups is 1. The van der Waals surface area contributed by atoms with Gasteiger partial charge in [-0.15, -0.1) is 0 Å². The highest BCUT2D eigenvalue weighted by molar-refractivity contribution is 5.93. The molecule has 0 aromatic heterocycles. The maximum atomic E-state index is 12.2. The Morgan fingerprint density at radius 1 is 1.15 bits per heavy atom. The smallest absolute Gasteiger partial charge is 0.387 e. The van der Waals surface area contributed by atoms with E-state index in [2.05, 4.69) is 10.1 Å². The predicted molar refractivity (Wildman–Crippen MR) is 95.6 cm³/mol. The Balaban J connectivity index is 1.87. The largest absolute Gasteiger partial charge is 0.492 e. The van der Waals surface area contributed by atoms with E-state index >= 15 is 0 Å². The minimum Gasteiger partial charge on any atom is -0.492 e. The predicted octanol–water partition coefficient (Wildman–Crippen LogP) is 3.76. The number of hydrogen-bond acceptors (Lipinski definition) is 4. The van der Waals surface area contributed by atoms with E-state index in [1.54, 1.807) is 31.3 Å². The van der Waals surface area contributed by atoms with Crippen LogP contribution in [0.15, 0.2) is 48.5 Å². The number of para-hydroxylation sites is 2. The van der Waals surface area contributed by atoms with Crippen molar-refractivity contribution in [1.29, 1.82) is 0 Å². The highest BCUT2D eigenvalue weighted by Gasteiger charge is 2.11. The number of likely N-dealkylation sites (N-methyl/N-ethyl adjacent to an activating group) is 1. The van der Waals surface area contributed by atoms with Gasteiger partial charge in [-0.3, -0.25) is 9.69 Å². The molecule has 0 aliphatic carbocycles. The van der Waals surface area contributed by atoms with Crippen LogP contribution >= 0.6 is 0 Å². The Hall–Kier alpha value is -2.67. The van der Waals surface area contributed by atoms with Crippen molar-refractivity contribution < 1.29 is 23.0 Å². The van der Waals surface area contributed by atoms with Crippen molar-refractivity contribution in [1.82, 2.24) is 4.90 Å². The van der Waals surface area contributed by atoms with Gasteiger partial charge in [-0.05, 0) is 43.8 Å². The van der Waals surface area contributed by atoms with E-state index in [-0.39, 0.29) is 18.2 Å². The number of nitrogens with one attached hydrogen (secondary N) is 1. The lowest BCUT2D eigenvalue weighted by Crippen LogP contribution is -2.30. The summed E-state index contributed by atoms with van der Waals surface area (Å²) in [7, 11) is 1.80. The summed E-state index contributed by atoms with van der Waals surface area (Å²) < 4.78 is 34.1. The van der Waals surface area contributed by atoms with Crippen LogP contribution in [0.4, 0.5) is 14.5 Å². The highest BCUT2D eigenvalue weighted by Crippen LogP contribution is 2.23. The minimum atomic E-state index is -2.84. The summed E-state index contributed by atoms with van der Waals surface area (Å²) in [5.74, 6) is 0.564. The van der Waals surface area contributed by atoms with E-state index in [4.69, 9.17) is 4.74 Å². The van der Waals surface area contributed by atoms with Gasteiger partial charge in [0.1, 0.15) is 11.5 Å². The summed E-state index contributed by atoms with van der Waals surface area (Å²) in [6.07, 6.45) is 0. The molecular formula is C19H22F2N2O3. The van der Waals surface area contributed by atoms with Crippen LogP contribution in [0.5, 0.6) is 11.5 Å². The fourth-order valence-corrected chi connectivity index (χ4v) is 2.43. The van der Waals surface area contributed by atoms with Crippen molar-refractivity contribution in [3.8, 4) is 11.5 Å². The first-order chi connectivity index (χ1) is 12.5. The van der Waals surface area contributed by atoms with E-state index in [9.17, 15) is 13.6 Å². The Bertz CT molecular complexity index is 708.